The van der Waals surface area contributed by atoms with E-state index in [0.717, 1.165) is 11.3 Å². The summed E-state index contributed by atoms with van der Waals surface area (Å²) in [4.78, 5) is 18.1. The van der Waals surface area contributed by atoms with Crippen molar-refractivity contribution in [3.05, 3.63) is 59.4 Å². The first-order chi connectivity index (χ1) is 9.99. The number of amides is 2. The maximum atomic E-state index is 12.2. The Morgan fingerprint density at radius 3 is 2.62 bits per heavy atom. The van der Waals surface area contributed by atoms with E-state index in [2.05, 4.69) is 10.3 Å². The van der Waals surface area contributed by atoms with Gasteiger partial charge in [0.05, 0.1) is 0 Å². The quantitative estimate of drug-likeness (QED) is 0.866. The number of aryl methyl sites for hydroxylation is 2. The van der Waals surface area contributed by atoms with Gasteiger partial charge in [-0.3, -0.25) is 15.2 Å². The van der Waals surface area contributed by atoms with Crippen LogP contribution in [0.15, 0.2) is 42.7 Å². The molecule has 108 valence electrons. The van der Waals surface area contributed by atoms with Gasteiger partial charge in [-0.15, -0.1) is 0 Å². The van der Waals surface area contributed by atoms with Crippen LogP contribution < -0.4 is 10.2 Å². The molecule has 0 aliphatic rings. The summed E-state index contributed by atoms with van der Waals surface area (Å²) in [5.41, 5.74) is 3.87. The van der Waals surface area contributed by atoms with Crippen LogP contribution in [-0.4, -0.2) is 23.1 Å². The first-order valence-corrected chi connectivity index (χ1v) is 6.96. The van der Waals surface area contributed by atoms with E-state index < -0.39 is 0 Å². The summed E-state index contributed by atoms with van der Waals surface area (Å²) in [5.74, 6) is 0. The van der Waals surface area contributed by atoms with Gasteiger partial charge in [0.15, 0.2) is 0 Å². The highest BCUT2D eigenvalue weighted by molar-refractivity contribution is 7.80. The molecule has 0 bridgehead atoms. The van der Waals surface area contributed by atoms with Gasteiger partial charge < -0.3 is 0 Å². The molecule has 5 heteroatoms. The van der Waals surface area contributed by atoms with E-state index in [0.29, 0.717) is 10.6 Å². The maximum Gasteiger partial charge on any atom is 0.326 e. The number of hydrogen-bond acceptors (Lipinski definition) is 3. The van der Waals surface area contributed by atoms with Gasteiger partial charge in [-0.05, 0) is 49.2 Å². The molecule has 0 fully saturated rings. The molecule has 4 nitrogen and oxygen atoms in total. The molecule has 0 spiro atoms. The number of nitrogens with zero attached hydrogens (tertiary/aromatic N) is 2. The monoisotopic (exact) mass is 299 g/mol. The Hall–Kier alpha value is -2.27. The van der Waals surface area contributed by atoms with Crippen molar-refractivity contribution in [1.82, 2.24) is 10.3 Å². The van der Waals surface area contributed by atoms with Crippen molar-refractivity contribution in [1.29, 1.82) is 0 Å². The van der Waals surface area contributed by atoms with E-state index >= 15 is 0 Å². The molecule has 1 heterocycles. The molecule has 0 aliphatic carbocycles. The van der Waals surface area contributed by atoms with Crippen molar-refractivity contribution in [2.45, 2.75) is 13.8 Å². The average molecular weight is 299 g/mol. The summed E-state index contributed by atoms with van der Waals surface area (Å²) in [6, 6.07) is 9.20. The van der Waals surface area contributed by atoms with Crippen LogP contribution in [0, 0.1) is 13.8 Å². The lowest BCUT2D eigenvalue weighted by molar-refractivity contribution is 0.252. The number of aromatic nitrogens is 1. The number of carbonyl (C=O) groups is 1. The van der Waals surface area contributed by atoms with Crippen molar-refractivity contribution >= 4 is 28.9 Å². The third kappa shape index (κ3) is 3.64. The lowest BCUT2D eigenvalue weighted by Gasteiger charge is -2.19. The van der Waals surface area contributed by atoms with Gasteiger partial charge in [0.2, 0.25) is 0 Å². The third-order valence-electron chi connectivity index (χ3n) is 3.33. The summed E-state index contributed by atoms with van der Waals surface area (Å²) >= 11 is 5.21. The van der Waals surface area contributed by atoms with Crippen LogP contribution in [0.1, 0.15) is 16.7 Å². The lowest BCUT2D eigenvalue weighted by atomic mass is 10.1. The average Bonchev–Trinajstić information content (AvgIpc) is 2.50. The second-order valence-corrected chi connectivity index (χ2v) is 5.24. The summed E-state index contributed by atoms with van der Waals surface area (Å²) in [5, 5.41) is 2.71. The van der Waals surface area contributed by atoms with Gasteiger partial charge in [-0.1, -0.05) is 18.3 Å². The highest BCUT2D eigenvalue weighted by atomic mass is 32.1. The summed E-state index contributed by atoms with van der Waals surface area (Å²) in [7, 11) is 1.71. The Bertz CT molecular complexity index is 670. The van der Waals surface area contributed by atoms with Crippen LogP contribution in [0.3, 0.4) is 0 Å². The zero-order chi connectivity index (χ0) is 15.4. The smallest absolute Gasteiger partial charge is 0.298 e. The van der Waals surface area contributed by atoms with Crippen LogP contribution in [0.2, 0.25) is 0 Å². The summed E-state index contributed by atoms with van der Waals surface area (Å²) < 4.78 is 0. The van der Waals surface area contributed by atoms with E-state index in [1.165, 1.54) is 10.5 Å². The number of carbonyl (C=O) groups excluding carboxylic acids is 1. The van der Waals surface area contributed by atoms with E-state index in [-0.39, 0.29) is 6.03 Å². The molecule has 0 radical (unpaired) electrons. The minimum Gasteiger partial charge on any atom is -0.298 e. The van der Waals surface area contributed by atoms with Crippen molar-refractivity contribution in [2.24, 2.45) is 0 Å². The Balaban J connectivity index is 2.09. The molecule has 0 unspecified atom stereocenters. The number of benzene rings is 1. The van der Waals surface area contributed by atoms with Gasteiger partial charge in [-0.25, -0.2) is 4.79 Å². The largest absolute Gasteiger partial charge is 0.326 e. The van der Waals surface area contributed by atoms with Crippen molar-refractivity contribution in [3.63, 3.8) is 0 Å². The van der Waals surface area contributed by atoms with Crippen LogP contribution in [0.5, 0.6) is 0 Å². The number of urea groups is 1. The second kappa shape index (κ2) is 6.45. The molecule has 0 atom stereocenters. The first kappa shape index (κ1) is 15.1. The van der Waals surface area contributed by atoms with Crippen LogP contribution >= 0.6 is 12.2 Å². The van der Waals surface area contributed by atoms with Crippen LogP contribution in [-0.2, 0) is 0 Å². The minimum atomic E-state index is -0.271. The standard InChI is InChI=1S/C16H17N3OS/c1-11-6-7-14(9-12(11)2)19(3)16(20)18-15(21)13-5-4-8-17-10-13/h4-10H,1-3H3,(H,18,20,21). The van der Waals surface area contributed by atoms with Gasteiger partial charge in [0, 0.05) is 30.7 Å². The fraction of sp³-hybridized carbons (Fsp3) is 0.188. The van der Waals surface area contributed by atoms with Gasteiger partial charge in [0.25, 0.3) is 0 Å². The van der Waals surface area contributed by atoms with Crippen LogP contribution in [0.25, 0.3) is 0 Å². The fourth-order valence-corrected chi connectivity index (χ4v) is 2.01. The molecule has 1 aromatic heterocycles. The molecule has 21 heavy (non-hydrogen) atoms. The Morgan fingerprint density at radius 1 is 1.24 bits per heavy atom. The predicted molar refractivity (Wildman–Crippen MR) is 88.8 cm³/mol. The Morgan fingerprint density at radius 2 is 2.00 bits per heavy atom. The lowest BCUT2D eigenvalue weighted by Crippen LogP contribution is -2.40. The topological polar surface area (TPSA) is 45.2 Å². The van der Waals surface area contributed by atoms with Gasteiger partial charge in [-0.2, -0.15) is 0 Å². The Kier molecular flexibility index (Phi) is 4.65. The SMILES string of the molecule is Cc1ccc(N(C)C(=O)NC(=S)c2cccnc2)cc1C. The third-order valence-corrected chi connectivity index (χ3v) is 3.66. The second-order valence-electron chi connectivity index (χ2n) is 4.83. The molecular formula is C16H17N3OS. The van der Waals surface area contributed by atoms with E-state index in [9.17, 15) is 4.79 Å². The van der Waals surface area contributed by atoms with E-state index in [4.69, 9.17) is 12.2 Å². The molecule has 2 aromatic rings. The number of thiocarbonyl (C=S) groups is 1. The zero-order valence-corrected chi connectivity index (χ0v) is 13.1. The van der Waals surface area contributed by atoms with E-state index in [1.807, 2.05) is 38.1 Å². The molecule has 1 N–H and O–H groups in total. The van der Waals surface area contributed by atoms with Crippen molar-refractivity contribution < 1.29 is 4.79 Å². The normalized spacial score (nSPS) is 10.0. The highest BCUT2D eigenvalue weighted by Crippen LogP contribution is 2.17. The molecule has 0 saturated heterocycles. The number of nitrogens with one attached hydrogen (secondary N) is 1. The zero-order valence-electron chi connectivity index (χ0n) is 12.3. The minimum absolute atomic E-state index is 0.271. The molecule has 0 aliphatic heterocycles. The van der Waals surface area contributed by atoms with E-state index in [1.54, 1.807) is 25.5 Å². The maximum absolute atomic E-state index is 12.2. The number of rotatable bonds is 2. The number of hydrogen-bond donors (Lipinski definition) is 1. The van der Waals surface area contributed by atoms with Crippen molar-refractivity contribution in [2.75, 3.05) is 11.9 Å². The summed E-state index contributed by atoms with van der Waals surface area (Å²) in [6.45, 7) is 4.06. The fourth-order valence-electron chi connectivity index (χ4n) is 1.80. The Labute approximate surface area is 129 Å². The van der Waals surface area contributed by atoms with Crippen LogP contribution in [0.4, 0.5) is 10.5 Å². The predicted octanol–water partition coefficient (Wildman–Crippen LogP) is 3.22. The molecule has 0 saturated carbocycles. The van der Waals surface area contributed by atoms with Gasteiger partial charge in [0.1, 0.15) is 4.99 Å². The number of pyridine rings is 1. The highest BCUT2D eigenvalue weighted by Gasteiger charge is 2.13. The molecular weight excluding hydrogens is 282 g/mol. The first-order valence-electron chi connectivity index (χ1n) is 6.55. The molecule has 1 aromatic carbocycles. The molecule has 2 amide bonds. The van der Waals surface area contributed by atoms with Gasteiger partial charge >= 0.3 is 6.03 Å². The summed E-state index contributed by atoms with van der Waals surface area (Å²) in [6.07, 6.45) is 3.29. The number of anilines is 1. The van der Waals surface area contributed by atoms with Crippen molar-refractivity contribution in [3.8, 4) is 0 Å². The molecule has 2 rings (SSSR count).